The first-order valence-electron chi connectivity index (χ1n) is 12.7. The number of amides is 2. The Balaban J connectivity index is 1.28. The summed E-state index contributed by atoms with van der Waals surface area (Å²) in [7, 11) is 0. The van der Waals surface area contributed by atoms with E-state index in [9.17, 15) is 9.59 Å². The molecule has 2 aliphatic heterocycles. The molecule has 2 saturated heterocycles. The number of hydrogen-bond donors (Lipinski definition) is 0. The van der Waals surface area contributed by atoms with E-state index in [1.807, 2.05) is 15.9 Å². The number of piperidine rings is 1. The number of aromatic nitrogens is 1. The van der Waals surface area contributed by atoms with Gasteiger partial charge >= 0.3 is 0 Å². The van der Waals surface area contributed by atoms with Gasteiger partial charge in [0.25, 0.3) is 0 Å². The highest BCUT2D eigenvalue weighted by atomic mass is 16.2. The van der Waals surface area contributed by atoms with Crippen molar-refractivity contribution in [2.45, 2.75) is 71.3 Å². The van der Waals surface area contributed by atoms with Crippen molar-refractivity contribution in [3.05, 3.63) is 29.1 Å². The Labute approximate surface area is 193 Å². The average molecular weight is 441 g/mol. The normalized spacial score (nSPS) is 21.4. The summed E-state index contributed by atoms with van der Waals surface area (Å²) in [5, 5.41) is 0. The SMILES string of the molecule is Cc1cc(/C=C/C(=O)N2CCN(CC(=O)N3CCCCC3)CC2)c(C)n1C1CCCCC1. The predicted octanol–water partition coefficient (Wildman–Crippen LogP) is 3.78. The maximum atomic E-state index is 12.8. The smallest absolute Gasteiger partial charge is 0.246 e. The van der Waals surface area contributed by atoms with Crippen molar-refractivity contribution in [1.82, 2.24) is 19.3 Å². The molecule has 0 atom stereocenters. The Morgan fingerprint density at radius 2 is 1.53 bits per heavy atom. The number of aryl methyl sites for hydroxylation is 1. The molecule has 1 aliphatic carbocycles. The van der Waals surface area contributed by atoms with E-state index >= 15 is 0 Å². The van der Waals surface area contributed by atoms with Crippen molar-refractivity contribution in [1.29, 1.82) is 0 Å². The van der Waals surface area contributed by atoms with Crippen LogP contribution in [0.4, 0.5) is 0 Å². The molecule has 1 aromatic heterocycles. The number of carbonyl (C=O) groups is 2. The standard InChI is InChI=1S/C26H40N4O2/c1-21-19-23(22(2)30(21)24-9-5-3-6-10-24)11-12-25(31)29-17-15-27(16-18-29)20-26(32)28-13-7-4-8-14-28/h11-12,19,24H,3-10,13-18,20H2,1-2H3/b12-11+. The largest absolute Gasteiger partial charge is 0.346 e. The number of piperazine rings is 1. The van der Waals surface area contributed by atoms with E-state index < -0.39 is 0 Å². The molecule has 176 valence electrons. The van der Waals surface area contributed by atoms with E-state index in [-0.39, 0.29) is 11.8 Å². The van der Waals surface area contributed by atoms with E-state index in [0.29, 0.717) is 25.7 Å². The third-order valence-electron chi connectivity index (χ3n) is 7.62. The fourth-order valence-electron chi connectivity index (χ4n) is 5.70. The molecule has 0 bridgehead atoms. The van der Waals surface area contributed by atoms with Gasteiger partial charge in [-0.2, -0.15) is 0 Å². The van der Waals surface area contributed by atoms with Crippen LogP contribution in [0.2, 0.25) is 0 Å². The van der Waals surface area contributed by atoms with Crippen LogP contribution in [0.25, 0.3) is 6.08 Å². The first-order valence-corrected chi connectivity index (χ1v) is 12.7. The number of rotatable bonds is 5. The maximum absolute atomic E-state index is 12.8. The Morgan fingerprint density at radius 1 is 0.875 bits per heavy atom. The maximum Gasteiger partial charge on any atom is 0.246 e. The zero-order valence-corrected chi connectivity index (χ0v) is 20.0. The molecule has 0 unspecified atom stereocenters. The summed E-state index contributed by atoms with van der Waals surface area (Å²) in [6.07, 6.45) is 13.8. The number of carbonyl (C=O) groups excluding carboxylic acids is 2. The van der Waals surface area contributed by atoms with Crippen LogP contribution in [0.3, 0.4) is 0 Å². The van der Waals surface area contributed by atoms with Gasteiger partial charge in [-0.25, -0.2) is 0 Å². The molecule has 0 aromatic carbocycles. The fourth-order valence-corrected chi connectivity index (χ4v) is 5.70. The van der Waals surface area contributed by atoms with Crippen molar-refractivity contribution in [2.75, 3.05) is 45.8 Å². The molecule has 1 saturated carbocycles. The highest BCUT2D eigenvalue weighted by Gasteiger charge is 2.24. The highest BCUT2D eigenvalue weighted by molar-refractivity contribution is 5.92. The second-order valence-corrected chi connectivity index (χ2v) is 9.86. The van der Waals surface area contributed by atoms with Crippen LogP contribution >= 0.6 is 0 Å². The molecule has 32 heavy (non-hydrogen) atoms. The number of hydrogen-bond acceptors (Lipinski definition) is 3. The Morgan fingerprint density at radius 3 is 2.22 bits per heavy atom. The Bertz CT molecular complexity index is 823. The van der Waals surface area contributed by atoms with Crippen LogP contribution in [-0.4, -0.2) is 76.9 Å². The topological polar surface area (TPSA) is 48.8 Å². The molecule has 3 fully saturated rings. The first-order chi connectivity index (χ1) is 15.5. The summed E-state index contributed by atoms with van der Waals surface area (Å²) in [4.78, 5) is 31.4. The van der Waals surface area contributed by atoms with Gasteiger partial charge in [-0.05, 0) is 63.7 Å². The van der Waals surface area contributed by atoms with Gasteiger partial charge in [-0.15, -0.1) is 0 Å². The van der Waals surface area contributed by atoms with Crippen LogP contribution in [0.1, 0.15) is 74.4 Å². The number of likely N-dealkylation sites (tertiary alicyclic amines) is 1. The molecular weight excluding hydrogens is 400 g/mol. The zero-order valence-electron chi connectivity index (χ0n) is 20.0. The van der Waals surface area contributed by atoms with Crippen molar-refractivity contribution in [3.63, 3.8) is 0 Å². The zero-order chi connectivity index (χ0) is 22.5. The minimum atomic E-state index is 0.0782. The van der Waals surface area contributed by atoms with Gasteiger partial charge in [-0.1, -0.05) is 19.3 Å². The van der Waals surface area contributed by atoms with E-state index in [1.165, 1.54) is 49.9 Å². The van der Waals surface area contributed by atoms with Gasteiger partial charge in [0.15, 0.2) is 0 Å². The lowest BCUT2D eigenvalue weighted by molar-refractivity contribution is -0.134. The minimum Gasteiger partial charge on any atom is -0.346 e. The van der Waals surface area contributed by atoms with Gasteiger partial charge in [-0.3, -0.25) is 14.5 Å². The van der Waals surface area contributed by atoms with E-state index in [0.717, 1.165) is 44.6 Å². The van der Waals surface area contributed by atoms with Crippen LogP contribution in [0.5, 0.6) is 0 Å². The minimum absolute atomic E-state index is 0.0782. The molecule has 2 amide bonds. The molecular formula is C26H40N4O2. The molecule has 0 N–H and O–H groups in total. The Kier molecular flexibility index (Phi) is 7.71. The summed E-state index contributed by atoms with van der Waals surface area (Å²) >= 11 is 0. The van der Waals surface area contributed by atoms with E-state index in [2.05, 4.69) is 29.4 Å². The van der Waals surface area contributed by atoms with Crippen LogP contribution in [-0.2, 0) is 9.59 Å². The van der Waals surface area contributed by atoms with Crippen LogP contribution in [0.15, 0.2) is 12.1 Å². The summed E-state index contributed by atoms with van der Waals surface area (Å²) in [6, 6.07) is 2.83. The first kappa shape index (κ1) is 23.1. The van der Waals surface area contributed by atoms with Crippen molar-refractivity contribution < 1.29 is 9.59 Å². The molecule has 3 aliphatic rings. The lowest BCUT2D eigenvalue weighted by atomic mass is 9.95. The highest BCUT2D eigenvalue weighted by Crippen LogP contribution is 2.32. The van der Waals surface area contributed by atoms with Crippen LogP contribution < -0.4 is 0 Å². The quantitative estimate of drug-likeness (QED) is 0.655. The summed E-state index contributed by atoms with van der Waals surface area (Å²) < 4.78 is 2.49. The summed E-state index contributed by atoms with van der Waals surface area (Å²) in [5.74, 6) is 0.326. The van der Waals surface area contributed by atoms with Gasteiger partial charge in [0.2, 0.25) is 11.8 Å². The molecule has 6 heteroatoms. The summed E-state index contributed by atoms with van der Waals surface area (Å²) in [6.45, 7) is 9.60. The molecule has 0 radical (unpaired) electrons. The molecule has 3 heterocycles. The van der Waals surface area contributed by atoms with Crippen molar-refractivity contribution in [2.24, 2.45) is 0 Å². The molecule has 0 spiro atoms. The third-order valence-corrected chi connectivity index (χ3v) is 7.62. The van der Waals surface area contributed by atoms with Crippen LogP contribution in [0, 0.1) is 13.8 Å². The second kappa shape index (κ2) is 10.7. The van der Waals surface area contributed by atoms with E-state index in [1.54, 1.807) is 6.08 Å². The lowest BCUT2D eigenvalue weighted by Crippen LogP contribution is -2.51. The molecule has 6 nitrogen and oxygen atoms in total. The van der Waals surface area contributed by atoms with Gasteiger partial charge in [0, 0.05) is 62.8 Å². The van der Waals surface area contributed by atoms with Gasteiger partial charge in [0.05, 0.1) is 6.54 Å². The fraction of sp³-hybridized carbons (Fsp3) is 0.692. The van der Waals surface area contributed by atoms with E-state index in [4.69, 9.17) is 0 Å². The molecule has 4 rings (SSSR count). The molecule has 1 aromatic rings. The summed E-state index contributed by atoms with van der Waals surface area (Å²) in [5.41, 5.74) is 3.74. The average Bonchev–Trinajstić information content (AvgIpc) is 3.12. The third kappa shape index (κ3) is 5.45. The second-order valence-electron chi connectivity index (χ2n) is 9.86. The van der Waals surface area contributed by atoms with Crippen molar-refractivity contribution >= 4 is 17.9 Å². The van der Waals surface area contributed by atoms with Crippen molar-refractivity contribution in [3.8, 4) is 0 Å². The van der Waals surface area contributed by atoms with Gasteiger partial charge in [0.1, 0.15) is 0 Å². The lowest BCUT2D eigenvalue weighted by Gasteiger charge is -2.35. The number of nitrogens with zero attached hydrogens (tertiary/aromatic N) is 4. The van der Waals surface area contributed by atoms with Gasteiger partial charge < -0.3 is 14.4 Å². The predicted molar refractivity (Wildman–Crippen MR) is 129 cm³/mol. The monoisotopic (exact) mass is 440 g/mol. The Hall–Kier alpha value is -2.08.